The average molecular weight is 398 g/mol. The number of likely N-dealkylation sites (N-methyl/N-ethyl adjacent to an activating group) is 1. The Morgan fingerprint density at radius 2 is 1.75 bits per heavy atom. The summed E-state index contributed by atoms with van der Waals surface area (Å²) in [4.78, 5) is 14.9. The summed E-state index contributed by atoms with van der Waals surface area (Å²) in [7, 11) is -0.112. The quantitative estimate of drug-likeness (QED) is 0.511. The maximum absolute atomic E-state index is 13.2. The average Bonchev–Trinajstić information content (AvgIpc) is 3.06. The molecule has 1 aromatic heterocycles. The van der Waals surface area contributed by atoms with E-state index in [-0.39, 0.29) is 16.2 Å². The molecule has 0 aliphatic heterocycles. The molecular formula is C21H23N3O3S. The molecule has 0 saturated heterocycles. The van der Waals surface area contributed by atoms with Crippen molar-refractivity contribution >= 4 is 26.7 Å². The van der Waals surface area contributed by atoms with Crippen LogP contribution in [-0.2, 0) is 10.0 Å². The van der Waals surface area contributed by atoms with Gasteiger partial charge in [0.25, 0.3) is 10.0 Å². The minimum atomic E-state index is -3.85. The highest BCUT2D eigenvalue weighted by Crippen LogP contribution is 2.27. The largest absolute Gasteiger partial charge is 0.396 e. The number of allylic oxidation sites excluding steroid dienone is 1. The number of benzene rings is 2. The fourth-order valence-corrected chi connectivity index (χ4v) is 4.25. The minimum absolute atomic E-state index is 0.0873. The molecule has 1 heterocycles. The molecule has 0 bridgehead atoms. The van der Waals surface area contributed by atoms with E-state index in [1.165, 1.54) is 6.20 Å². The van der Waals surface area contributed by atoms with Gasteiger partial charge in [0.05, 0.1) is 21.7 Å². The molecule has 2 N–H and O–H groups in total. The Labute approximate surface area is 164 Å². The van der Waals surface area contributed by atoms with Crippen molar-refractivity contribution in [3.63, 3.8) is 0 Å². The van der Waals surface area contributed by atoms with Crippen LogP contribution in [0.5, 0.6) is 0 Å². The predicted octanol–water partition coefficient (Wildman–Crippen LogP) is 2.77. The van der Waals surface area contributed by atoms with Gasteiger partial charge in [-0.05, 0) is 45.3 Å². The van der Waals surface area contributed by atoms with Crippen LogP contribution in [-0.4, -0.2) is 43.7 Å². The van der Waals surface area contributed by atoms with Crippen molar-refractivity contribution in [1.29, 1.82) is 0 Å². The van der Waals surface area contributed by atoms with Crippen molar-refractivity contribution in [3.8, 4) is 0 Å². The maximum atomic E-state index is 13.2. The molecule has 0 aliphatic rings. The third-order valence-electron chi connectivity index (χ3n) is 4.44. The smallest absolute Gasteiger partial charge is 0.268 e. The van der Waals surface area contributed by atoms with E-state index < -0.39 is 15.8 Å². The monoisotopic (exact) mass is 397 g/mol. The second kappa shape index (κ2) is 7.61. The van der Waals surface area contributed by atoms with Crippen LogP contribution in [0.25, 0.3) is 10.9 Å². The summed E-state index contributed by atoms with van der Waals surface area (Å²) in [6.07, 6.45) is 2.99. The first-order chi connectivity index (χ1) is 13.2. The summed E-state index contributed by atoms with van der Waals surface area (Å²) in [5.41, 5.74) is 7.71. The van der Waals surface area contributed by atoms with Gasteiger partial charge in [-0.1, -0.05) is 35.9 Å². The summed E-state index contributed by atoms with van der Waals surface area (Å²) >= 11 is 0. The van der Waals surface area contributed by atoms with Gasteiger partial charge in [0, 0.05) is 18.1 Å². The molecule has 146 valence electrons. The zero-order chi connectivity index (χ0) is 20.5. The normalized spacial score (nSPS) is 12.6. The Balaban J connectivity index is 2.15. The van der Waals surface area contributed by atoms with E-state index in [1.54, 1.807) is 54.6 Å². The SMILES string of the molecule is Cc1ccc(S(=O)(=O)n2cc(C(=O)/C(N)=C/CN(C)C)c3ccccc32)cc1. The standard InChI is InChI=1S/C21H23N3O3S/c1-15-8-10-16(11-9-15)28(26,27)24-14-18(17-6-4-5-7-20(17)24)21(25)19(22)12-13-23(2)3/h4-12,14H,13,22H2,1-3H3/b19-12-. The van der Waals surface area contributed by atoms with Crippen LogP contribution < -0.4 is 5.73 Å². The van der Waals surface area contributed by atoms with Gasteiger partial charge < -0.3 is 10.6 Å². The first kappa shape index (κ1) is 19.9. The number of ketones is 1. The fourth-order valence-electron chi connectivity index (χ4n) is 2.88. The van der Waals surface area contributed by atoms with E-state index in [1.807, 2.05) is 25.9 Å². The Kier molecular flexibility index (Phi) is 5.40. The van der Waals surface area contributed by atoms with Gasteiger partial charge in [0.15, 0.2) is 0 Å². The molecule has 0 radical (unpaired) electrons. The number of nitrogens with zero attached hydrogens (tertiary/aromatic N) is 2. The molecule has 7 heteroatoms. The summed E-state index contributed by atoms with van der Waals surface area (Å²) in [5.74, 6) is -0.393. The summed E-state index contributed by atoms with van der Waals surface area (Å²) < 4.78 is 27.5. The number of hydrogen-bond donors (Lipinski definition) is 1. The van der Waals surface area contributed by atoms with Gasteiger partial charge in [-0.2, -0.15) is 0 Å². The van der Waals surface area contributed by atoms with Crippen LogP contribution in [0, 0.1) is 6.92 Å². The molecule has 0 aliphatic carbocycles. The number of rotatable bonds is 6. The van der Waals surface area contributed by atoms with Crippen molar-refractivity contribution in [3.05, 3.63) is 77.6 Å². The molecule has 0 fully saturated rings. The van der Waals surface area contributed by atoms with Crippen molar-refractivity contribution in [2.45, 2.75) is 11.8 Å². The Bertz CT molecular complexity index is 1160. The van der Waals surface area contributed by atoms with Crippen LogP contribution in [0.1, 0.15) is 15.9 Å². The van der Waals surface area contributed by atoms with E-state index in [0.29, 0.717) is 17.4 Å². The minimum Gasteiger partial charge on any atom is -0.396 e. The molecule has 0 saturated carbocycles. The third-order valence-corrected chi connectivity index (χ3v) is 6.13. The Morgan fingerprint density at radius 3 is 2.39 bits per heavy atom. The predicted molar refractivity (Wildman–Crippen MR) is 111 cm³/mol. The molecule has 3 rings (SSSR count). The number of nitrogens with two attached hydrogens (primary N) is 1. The van der Waals surface area contributed by atoms with E-state index in [2.05, 4.69) is 0 Å². The number of aromatic nitrogens is 1. The molecule has 0 atom stereocenters. The lowest BCUT2D eigenvalue weighted by molar-refractivity contribution is 0.103. The lowest BCUT2D eigenvalue weighted by atomic mass is 10.1. The number of aryl methyl sites for hydroxylation is 1. The van der Waals surface area contributed by atoms with Gasteiger partial charge in [-0.15, -0.1) is 0 Å². The third kappa shape index (κ3) is 3.72. The molecule has 0 spiro atoms. The van der Waals surface area contributed by atoms with Gasteiger partial charge >= 0.3 is 0 Å². The zero-order valence-corrected chi connectivity index (χ0v) is 16.9. The first-order valence-corrected chi connectivity index (χ1v) is 10.2. The van der Waals surface area contributed by atoms with Gasteiger partial charge in [0.1, 0.15) is 0 Å². The lowest BCUT2D eigenvalue weighted by Crippen LogP contribution is -2.17. The second-order valence-corrected chi connectivity index (χ2v) is 8.74. The fraction of sp³-hybridized carbons (Fsp3) is 0.190. The van der Waals surface area contributed by atoms with E-state index >= 15 is 0 Å². The number of hydrogen-bond acceptors (Lipinski definition) is 5. The van der Waals surface area contributed by atoms with E-state index in [9.17, 15) is 13.2 Å². The van der Waals surface area contributed by atoms with Crippen molar-refractivity contribution in [2.24, 2.45) is 5.73 Å². The van der Waals surface area contributed by atoms with Crippen molar-refractivity contribution in [2.75, 3.05) is 20.6 Å². The first-order valence-electron chi connectivity index (χ1n) is 8.79. The summed E-state index contributed by atoms with van der Waals surface area (Å²) in [6.45, 7) is 2.40. The van der Waals surface area contributed by atoms with Crippen LogP contribution in [0.3, 0.4) is 0 Å². The van der Waals surface area contributed by atoms with Crippen LogP contribution >= 0.6 is 0 Å². The highest BCUT2D eigenvalue weighted by atomic mass is 32.2. The zero-order valence-electron chi connectivity index (χ0n) is 16.1. The van der Waals surface area contributed by atoms with Crippen molar-refractivity contribution < 1.29 is 13.2 Å². The second-order valence-electron chi connectivity index (χ2n) is 6.92. The molecule has 28 heavy (non-hydrogen) atoms. The van der Waals surface area contributed by atoms with Crippen LogP contribution in [0.15, 0.2) is 71.4 Å². The van der Waals surface area contributed by atoms with Gasteiger partial charge in [-0.25, -0.2) is 12.4 Å². The number of Topliss-reactive ketones (excluding diaryl/α,β-unsaturated/α-hetero) is 1. The van der Waals surface area contributed by atoms with Gasteiger partial charge in [-0.3, -0.25) is 4.79 Å². The van der Waals surface area contributed by atoms with E-state index in [0.717, 1.165) is 9.54 Å². The number of para-hydroxylation sites is 1. The summed E-state index contributed by atoms with van der Waals surface area (Å²) in [6, 6.07) is 13.5. The number of carbonyl (C=O) groups is 1. The maximum Gasteiger partial charge on any atom is 0.268 e. The van der Waals surface area contributed by atoms with Crippen molar-refractivity contribution in [1.82, 2.24) is 8.87 Å². The number of fused-ring (bicyclic) bond motifs is 1. The molecule has 2 aromatic carbocycles. The Morgan fingerprint density at radius 1 is 1.11 bits per heavy atom. The van der Waals surface area contributed by atoms with Crippen LogP contribution in [0.2, 0.25) is 0 Å². The molecular weight excluding hydrogens is 374 g/mol. The van der Waals surface area contributed by atoms with E-state index in [4.69, 9.17) is 5.73 Å². The summed E-state index contributed by atoms with van der Waals surface area (Å²) in [5, 5.41) is 0.546. The molecule has 3 aromatic rings. The molecule has 6 nitrogen and oxygen atoms in total. The Hall–Kier alpha value is -2.90. The highest BCUT2D eigenvalue weighted by molar-refractivity contribution is 7.90. The lowest BCUT2D eigenvalue weighted by Gasteiger charge is -2.07. The molecule has 0 unspecified atom stereocenters. The van der Waals surface area contributed by atoms with Crippen LogP contribution in [0.4, 0.5) is 0 Å². The molecule has 0 amide bonds. The number of carbonyl (C=O) groups excluding carboxylic acids is 1. The highest BCUT2D eigenvalue weighted by Gasteiger charge is 2.24. The topological polar surface area (TPSA) is 85.4 Å². The van der Waals surface area contributed by atoms with Gasteiger partial charge in [0.2, 0.25) is 5.78 Å².